The highest BCUT2D eigenvalue weighted by atomic mass is 19.1. The Kier molecular flexibility index (Phi) is 4.59. The number of amides is 1. The van der Waals surface area contributed by atoms with E-state index < -0.39 is 0 Å². The van der Waals surface area contributed by atoms with Gasteiger partial charge < -0.3 is 4.90 Å². The number of aromatic nitrogens is 4. The number of aryl methyl sites for hydroxylation is 2. The molecule has 0 radical (unpaired) electrons. The third-order valence-electron chi connectivity index (χ3n) is 5.41. The summed E-state index contributed by atoms with van der Waals surface area (Å²) in [4.78, 5) is 23.4. The van der Waals surface area contributed by atoms with E-state index in [-0.39, 0.29) is 17.8 Å². The molecule has 2 aromatic heterocycles. The van der Waals surface area contributed by atoms with Crippen molar-refractivity contribution in [2.45, 2.75) is 45.6 Å². The van der Waals surface area contributed by atoms with Gasteiger partial charge in [-0.25, -0.2) is 13.9 Å². The lowest BCUT2D eigenvalue weighted by molar-refractivity contribution is -0.132. The van der Waals surface area contributed by atoms with Crippen molar-refractivity contribution in [1.82, 2.24) is 24.5 Å². The lowest BCUT2D eigenvalue weighted by atomic mass is 10.0. The van der Waals surface area contributed by atoms with E-state index in [0.29, 0.717) is 18.6 Å². The Balaban J connectivity index is 1.50. The standard InChI is InChI=1S/C20H22FN5O/c1-13-17(14(2)26-20(24-13)22-12-23-26)9-10-19(27)25-11-3-4-18(25)15-5-7-16(21)8-6-15/h5-8,12,18H,3-4,9-11H2,1-2H3. The van der Waals surface area contributed by atoms with Crippen LogP contribution in [-0.4, -0.2) is 36.9 Å². The molecule has 1 aliphatic rings. The fourth-order valence-corrected chi connectivity index (χ4v) is 3.99. The molecule has 0 spiro atoms. The van der Waals surface area contributed by atoms with E-state index in [1.807, 2.05) is 18.7 Å². The zero-order valence-corrected chi connectivity index (χ0v) is 15.5. The van der Waals surface area contributed by atoms with Crippen molar-refractivity contribution in [1.29, 1.82) is 0 Å². The minimum Gasteiger partial charge on any atom is -0.336 e. The monoisotopic (exact) mass is 367 g/mol. The summed E-state index contributed by atoms with van der Waals surface area (Å²) in [6.07, 6.45) is 4.41. The number of hydrogen-bond donors (Lipinski definition) is 0. The van der Waals surface area contributed by atoms with Crippen LogP contribution in [0.15, 0.2) is 30.6 Å². The molecular weight excluding hydrogens is 345 g/mol. The predicted octanol–water partition coefficient (Wildman–Crippen LogP) is 3.18. The molecule has 0 N–H and O–H groups in total. The van der Waals surface area contributed by atoms with Gasteiger partial charge in [0.05, 0.1) is 6.04 Å². The maximum atomic E-state index is 13.2. The number of halogens is 1. The van der Waals surface area contributed by atoms with Crippen LogP contribution in [0.25, 0.3) is 5.78 Å². The van der Waals surface area contributed by atoms with Gasteiger partial charge in [-0.3, -0.25) is 4.79 Å². The van der Waals surface area contributed by atoms with E-state index in [4.69, 9.17) is 0 Å². The van der Waals surface area contributed by atoms with Gasteiger partial charge in [0.25, 0.3) is 5.78 Å². The molecule has 1 saturated heterocycles. The van der Waals surface area contributed by atoms with Crippen molar-refractivity contribution in [2.24, 2.45) is 0 Å². The fourth-order valence-electron chi connectivity index (χ4n) is 3.99. The van der Waals surface area contributed by atoms with Crippen LogP contribution >= 0.6 is 0 Å². The number of rotatable bonds is 4. The Labute approximate surface area is 157 Å². The molecule has 1 fully saturated rings. The molecule has 0 bridgehead atoms. The molecule has 27 heavy (non-hydrogen) atoms. The van der Waals surface area contributed by atoms with Crippen molar-refractivity contribution < 1.29 is 9.18 Å². The lowest BCUT2D eigenvalue weighted by Gasteiger charge is -2.25. The van der Waals surface area contributed by atoms with Gasteiger partial charge in [-0.1, -0.05) is 12.1 Å². The highest BCUT2D eigenvalue weighted by Gasteiger charge is 2.29. The molecule has 6 nitrogen and oxygen atoms in total. The molecular formula is C20H22FN5O. The molecule has 1 aliphatic heterocycles. The Morgan fingerprint density at radius 3 is 2.81 bits per heavy atom. The second-order valence-electron chi connectivity index (χ2n) is 7.03. The van der Waals surface area contributed by atoms with Crippen LogP contribution in [0.3, 0.4) is 0 Å². The minimum absolute atomic E-state index is 0.0382. The summed E-state index contributed by atoms with van der Waals surface area (Å²) in [5.74, 6) is 0.451. The minimum atomic E-state index is -0.253. The number of carbonyl (C=O) groups is 1. The van der Waals surface area contributed by atoms with E-state index in [9.17, 15) is 9.18 Å². The van der Waals surface area contributed by atoms with E-state index in [1.54, 1.807) is 16.6 Å². The fraction of sp³-hybridized carbons (Fsp3) is 0.400. The normalized spacial score (nSPS) is 17.0. The average Bonchev–Trinajstić information content (AvgIpc) is 3.31. The van der Waals surface area contributed by atoms with E-state index >= 15 is 0 Å². The first-order valence-corrected chi connectivity index (χ1v) is 9.25. The lowest BCUT2D eigenvalue weighted by Crippen LogP contribution is -2.30. The molecule has 140 valence electrons. The Bertz CT molecular complexity index is 982. The topological polar surface area (TPSA) is 63.4 Å². The van der Waals surface area contributed by atoms with Crippen LogP contribution in [0.1, 0.15) is 47.8 Å². The number of likely N-dealkylation sites (tertiary alicyclic amines) is 1. The molecule has 1 aromatic carbocycles. The second-order valence-corrected chi connectivity index (χ2v) is 7.03. The number of hydrogen-bond acceptors (Lipinski definition) is 4. The van der Waals surface area contributed by atoms with Gasteiger partial charge in [0.1, 0.15) is 12.1 Å². The molecule has 1 amide bonds. The predicted molar refractivity (Wildman–Crippen MR) is 98.7 cm³/mol. The summed E-state index contributed by atoms with van der Waals surface area (Å²) in [7, 11) is 0. The summed E-state index contributed by atoms with van der Waals surface area (Å²) >= 11 is 0. The average molecular weight is 367 g/mol. The van der Waals surface area contributed by atoms with E-state index in [0.717, 1.165) is 41.9 Å². The largest absolute Gasteiger partial charge is 0.336 e. The van der Waals surface area contributed by atoms with Crippen LogP contribution in [-0.2, 0) is 11.2 Å². The molecule has 1 unspecified atom stereocenters. The molecule has 3 aromatic rings. The van der Waals surface area contributed by atoms with Crippen molar-refractivity contribution in [3.63, 3.8) is 0 Å². The summed E-state index contributed by atoms with van der Waals surface area (Å²) < 4.78 is 14.9. The number of fused-ring (bicyclic) bond motifs is 1. The quantitative estimate of drug-likeness (QED) is 0.710. The Hall–Kier alpha value is -2.83. The first-order valence-electron chi connectivity index (χ1n) is 9.25. The molecule has 4 rings (SSSR count). The maximum absolute atomic E-state index is 13.2. The summed E-state index contributed by atoms with van der Waals surface area (Å²) in [6.45, 7) is 4.67. The number of benzene rings is 1. The molecule has 3 heterocycles. The zero-order valence-electron chi connectivity index (χ0n) is 15.5. The smallest absolute Gasteiger partial charge is 0.252 e. The Morgan fingerprint density at radius 1 is 1.26 bits per heavy atom. The highest BCUT2D eigenvalue weighted by molar-refractivity contribution is 5.77. The second kappa shape index (κ2) is 7.06. The van der Waals surface area contributed by atoms with Gasteiger partial charge in [0, 0.05) is 24.4 Å². The van der Waals surface area contributed by atoms with Crippen molar-refractivity contribution in [3.05, 3.63) is 58.9 Å². The molecule has 1 atom stereocenters. The highest BCUT2D eigenvalue weighted by Crippen LogP contribution is 2.32. The van der Waals surface area contributed by atoms with Gasteiger partial charge in [-0.15, -0.1) is 0 Å². The maximum Gasteiger partial charge on any atom is 0.252 e. The van der Waals surface area contributed by atoms with Crippen molar-refractivity contribution >= 4 is 11.7 Å². The number of nitrogens with zero attached hydrogens (tertiary/aromatic N) is 5. The summed E-state index contributed by atoms with van der Waals surface area (Å²) in [6, 6.07) is 6.52. The molecule has 0 aliphatic carbocycles. The van der Waals surface area contributed by atoms with Crippen LogP contribution in [0.4, 0.5) is 4.39 Å². The SMILES string of the molecule is Cc1nc2ncnn2c(C)c1CCC(=O)N1CCCC1c1ccc(F)cc1. The van der Waals surface area contributed by atoms with Crippen LogP contribution in [0.5, 0.6) is 0 Å². The number of carbonyl (C=O) groups excluding carboxylic acids is 1. The first kappa shape index (κ1) is 17.6. The van der Waals surface area contributed by atoms with Crippen LogP contribution in [0.2, 0.25) is 0 Å². The van der Waals surface area contributed by atoms with Gasteiger partial charge in [0.15, 0.2) is 0 Å². The van der Waals surface area contributed by atoms with Gasteiger partial charge in [0.2, 0.25) is 5.91 Å². The van der Waals surface area contributed by atoms with Crippen LogP contribution in [0, 0.1) is 19.7 Å². The van der Waals surface area contributed by atoms with Gasteiger partial charge >= 0.3 is 0 Å². The van der Waals surface area contributed by atoms with E-state index in [2.05, 4.69) is 15.1 Å². The molecule has 0 saturated carbocycles. The third kappa shape index (κ3) is 3.29. The summed E-state index contributed by atoms with van der Waals surface area (Å²) in [5.41, 5.74) is 3.90. The van der Waals surface area contributed by atoms with Crippen LogP contribution < -0.4 is 0 Å². The molecule has 7 heteroatoms. The zero-order chi connectivity index (χ0) is 19.0. The van der Waals surface area contributed by atoms with Crippen molar-refractivity contribution in [3.8, 4) is 0 Å². The van der Waals surface area contributed by atoms with E-state index in [1.165, 1.54) is 18.5 Å². The first-order chi connectivity index (χ1) is 13.0. The van der Waals surface area contributed by atoms with Crippen molar-refractivity contribution in [2.75, 3.05) is 6.54 Å². The third-order valence-corrected chi connectivity index (χ3v) is 5.41. The summed E-state index contributed by atoms with van der Waals surface area (Å²) in [5, 5.41) is 4.20. The Morgan fingerprint density at radius 2 is 2.04 bits per heavy atom. The van der Waals surface area contributed by atoms with Gasteiger partial charge in [-0.2, -0.15) is 10.1 Å². The van der Waals surface area contributed by atoms with Gasteiger partial charge in [-0.05, 0) is 56.4 Å².